The molecule has 1 amide bonds. The number of carbonyl (C=O) groups is 2. The first-order chi connectivity index (χ1) is 12.2. The van der Waals surface area contributed by atoms with Crippen molar-refractivity contribution in [2.45, 2.75) is 19.0 Å². The maximum absolute atomic E-state index is 13.2. The van der Waals surface area contributed by atoms with Crippen LogP contribution in [0.5, 0.6) is 0 Å². The molecular weight excluding hydrogens is 351 g/mol. The van der Waals surface area contributed by atoms with Crippen LogP contribution in [0.15, 0.2) is 30.5 Å². The summed E-state index contributed by atoms with van der Waals surface area (Å²) in [4.78, 5) is 24.9. The van der Waals surface area contributed by atoms with Gasteiger partial charge in [-0.1, -0.05) is 0 Å². The Morgan fingerprint density at radius 3 is 2.38 bits per heavy atom. The lowest BCUT2D eigenvalue weighted by molar-refractivity contribution is -0.143. The number of rotatable bonds is 5. The fourth-order valence-electron chi connectivity index (χ4n) is 2.71. The van der Waals surface area contributed by atoms with Crippen molar-refractivity contribution in [2.75, 3.05) is 13.6 Å². The topological polar surface area (TPSA) is 75.4 Å². The lowest BCUT2D eigenvalue weighted by Gasteiger charge is -2.17. The van der Waals surface area contributed by atoms with Crippen LogP contribution in [0.2, 0.25) is 0 Å². The first kappa shape index (κ1) is 18.0. The van der Waals surface area contributed by atoms with E-state index in [1.165, 1.54) is 24.3 Å². The Morgan fingerprint density at radius 1 is 1.27 bits per heavy atom. The smallest absolute Gasteiger partial charge is 0.434 e. The zero-order valence-corrected chi connectivity index (χ0v) is 13.8. The van der Waals surface area contributed by atoms with Crippen LogP contribution in [0.3, 0.4) is 0 Å². The first-order valence-electron chi connectivity index (χ1n) is 7.93. The van der Waals surface area contributed by atoms with Gasteiger partial charge in [-0.05, 0) is 43.0 Å². The summed E-state index contributed by atoms with van der Waals surface area (Å²) < 4.78 is 40.3. The average Bonchev–Trinajstić information content (AvgIpc) is 3.25. The Morgan fingerprint density at radius 2 is 1.88 bits per heavy atom. The molecule has 2 aromatic rings. The molecule has 0 aliphatic heterocycles. The maximum Gasteiger partial charge on any atom is 0.434 e. The maximum atomic E-state index is 13.2. The molecule has 1 aliphatic carbocycles. The molecule has 0 radical (unpaired) electrons. The number of hydrogen-bond acceptors (Lipinski definition) is 3. The normalized spacial score (nSPS) is 14.3. The molecule has 0 unspecified atom stereocenters. The standard InChI is InChI=1S/C17H16F3N3O3/c1-22(9-10-2-3-10)15(24)11-4-6-12(7-5-11)23-14(17(18,19)20)13(8-21-23)16(25)26/h4-8,10H,2-3,9H2,1H3,(H,25,26). The Balaban J connectivity index is 1.89. The summed E-state index contributed by atoms with van der Waals surface area (Å²) in [6, 6.07) is 5.44. The van der Waals surface area contributed by atoms with Crippen LogP contribution in [-0.4, -0.2) is 45.3 Å². The Hall–Kier alpha value is -2.84. The second kappa shape index (κ2) is 6.47. The SMILES string of the molecule is CN(CC1CC1)C(=O)c1ccc(-n2ncc(C(=O)O)c2C(F)(F)F)cc1. The number of aromatic carboxylic acids is 1. The van der Waals surface area contributed by atoms with Crippen molar-refractivity contribution < 1.29 is 27.9 Å². The number of nitrogens with zero attached hydrogens (tertiary/aromatic N) is 3. The molecule has 0 bridgehead atoms. The Bertz CT molecular complexity index is 839. The fourth-order valence-corrected chi connectivity index (χ4v) is 2.71. The van der Waals surface area contributed by atoms with E-state index in [9.17, 15) is 22.8 Å². The van der Waals surface area contributed by atoms with Crippen LogP contribution < -0.4 is 0 Å². The number of aromatic nitrogens is 2. The van der Waals surface area contributed by atoms with Gasteiger partial charge in [0.2, 0.25) is 0 Å². The van der Waals surface area contributed by atoms with Gasteiger partial charge in [0.15, 0.2) is 5.69 Å². The van der Waals surface area contributed by atoms with Crippen LogP contribution in [0.1, 0.15) is 39.3 Å². The number of carboxylic acid groups (broad SMARTS) is 1. The Labute approximate surface area is 146 Å². The summed E-state index contributed by atoms with van der Waals surface area (Å²) in [6.07, 6.45) is -2.03. The van der Waals surface area contributed by atoms with E-state index in [0.29, 0.717) is 28.9 Å². The fraction of sp³-hybridized carbons (Fsp3) is 0.353. The minimum absolute atomic E-state index is 0.0196. The third-order valence-electron chi connectivity index (χ3n) is 4.20. The van der Waals surface area contributed by atoms with E-state index >= 15 is 0 Å². The van der Waals surface area contributed by atoms with E-state index < -0.39 is 23.4 Å². The predicted molar refractivity (Wildman–Crippen MR) is 85.2 cm³/mol. The molecule has 1 fully saturated rings. The molecule has 1 saturated carbocycles. The lowest BCUT2D eigenvalue weighted by atomic mass is 10.1. The zero-order chi connectivity index (χ0) is 19.1. The van der Waals surface area contributed by atoms with Crippen LogP contribution in [0.4, 0.5) is 13.2 Å². The Kier molecular flexibility index (Phi) is 4.47. The van der Waals surface area contributed by atoms with Gasteiger partial charge in [0.25, 0.3) is 5.91 Å². The summed E-state index contributed by atoms with van der Waals surface area (Å²) in [6.45, 7) is 0.653. The van der Waals surface area contributed by atoms with Gasteiger partial charge in [0, 0.05) is 19.2 Å². The molecule has 0 atom stereocenters. The first-order valence-corrected chi connectivity index (χ1v) is 7.93. The molecule has 1 aromatic heterocycles. The van der Waals surface area contributed by atoms with Crippen molar-refractivity contribution in [3.63, 3.8) is 0 Å². The van der Waals surface area contributed by atoms with Gasteiger partial charge < -0.3 is 10.0 Å². The third-order valence-corrected chi connectivity index (χ3v) is 4.20. The molecule has 1 aliphatic rings. The van der Waals surface area contributed by atoms with Gasteiger partial charge >= 0.3 is 12.1 Å². The number of benzene rings is 1. The molecule has 0 spiro atoms. The summed E-state index contributed by atoms with van der Waals surface area (Å²) in [5, 5.41) is 12.5. The lowest BCUT2D eigenvalue weighted by Crippen LogP contribution is -2.28. The predicted octanol–water partition coefficient (Wildman–Crippen LogP) is 3.07. The number of carbonyl (C=O) groups excluding carboxylic acids is 1. The van der Waals surface area contributed by atoms with E-state index in [0.717, 1.165) is 12.8 Å². The molecule has 138 valence electrons. The molecule has 1 aromatic carbocycles. The number of hydrogen-bond donors (Lipinski definition) is 1. The van der Waals surface area contributed by atoms with Gasteiger partial charge in [-0.25, -0.2) is 9.48 Å². The highest BCUT2D eigenvalue weighted by Gasteiger charge is 2.40. The number of carboxylic acids is 1. The zero-order valence-electron chi connectivity index (χ0n) is 13.8. The highest BCUT2D eigenvalue weighted by molar-refractivity contribution is 5.94. The largest absolute Gasteiger partial charge is 0.478 e. The minimum atomic E-state index is -4.89. The van der Waals surface area contributed by atoms with Crippen molar-refractivity contribution in [1.82, 2.24) is 14.7 Å². The molecule has 0 saturated heterocycles. The highest BCUT2D eigenvalue weighted by atomic mass is 19.4. The monoisotopic (exact) mass is 367 g/mol. The van der Waals surface area contributed by atoms with Gasteiger partial charge in [-0.15, -0.1) is 0 Å². The summed E-state index contributed by atoms with van der Waals surface area (Å²) in [5.74, 6) is -1.40. The summed E-state index contributed by atoms with van der Waals surface area (Å²) >= 11 is 0. The van der Waals surface area contributed by atoms with Crippen molar-refractivity contribution in [3.8, 4) is 5.69 Å². The van der Waals surface area contributed by atoms with Crippen LogP contribution in [0.25, 0.3) is 5.69 Å². The van der Waals surface area contributed by atoms with Crippen LogP contribution >= 0.6 is 0 Å². The molecule has 26 heavy (non-hydrogen) atoms. The second-order valence-corrected chi connectivity index (χ2v) is 6.30. The van der Waals surface area contributed by atoms with Gasteiger partial charge in [0.05, 0.1) is 11.9 Å². The van der Waals surface area contributed by atoms with Crippen molar-refractivity contribution in [2.24, 2.45) is 5.92 Å². The quantitative estimate of drug-likeness (QED) is 0.881. The molecule has 1 heterocycles. The van der Waals surface area contributed by atoms with E-state index in [-0.39, 0.29) is 11.6 Å². The van der Waals surface area contributed by atoms with E-state index in [4.69, 9.17) is 5.11 Å². The summed E-state index contributed by atoms with van der Waals surface area (Å²) in [5.41, 5.74) is -1.93. The number of alkyl halides is 3. The van der Waals surface area contributed by atoms with Crippen molar-refractivity contribution in [3.05, 3.63) is 47.3 Å². The average molecular weight is 367 g/mol. The van der Waals surface area contributed by atoms with E-state index in [1.807, 2.05) is 0 Å². The molecule has 9 heteroatoms. The van der Waals surface area contributed by atoms with Gasteiger partial charge in [0.1, 0.15) is 5.56 Å². The molecular formula is C17H16F3N3O3. The molecule has 6 nitrogen and oxygen atoms in total. The van der Waals surface area contributed by atoms with E-state index in [1.54, 1.807) is 11.9 Å². The van der Waals surface area contributed by atoms with Crippen LogP contribution in [0, 0.1) is 5.92 Å². The van der Waals surface area contributed by atoms with Gasteiger partial charge in [-0.2, -0.15) is 18.3 Å². The minimum Gasteiger partial charge on any atom is -0.478 e. The van der Waals surface area contributed by atoms with Crippen molar-refractivity contribution in [1.29, 1.82) is 0 Å². The number of amides is 1. The molecule has 3 rings (SSSR count). The van der Waals surface area contributed by atoms with E-state index in [2.05, 4.69) is 5.10 Å². The second-order valence-electron chi connectivity index (χ2n) is 6.30. The van der Waals surface area contributed by atoms with Gasteiger partial charge in [-0.3, -0.25) is 4.79 Å². The number of halogens is 3. The highest BCUT2D eigenvalue weighted by Crippen LogP contribution is 2.34. The third kappa shape index (κ3) is 3.56. The summed E-state index contributed by atoms with van der Waals surface area (Å²) in [7, 11) is 1.68. The van der Waals surface area contributed by atoms with Crippen molar-refractivity contribution >= 4 is 11.9 Å². The van der Waals surface area contributed by atoms with Crippen LogP contribution in [-0.2, 0) is 6.18 Å². The molecule has 1 N–H and O–H groups in total.